The summed E-state index contributed by atoms with van der Waals surface area (Å²) < 4.78 is 3.49. The summed E-state index contributed by atoms with van der Waals surface area (Å²) in [7, 11) is 1.83. The van der Waals surface area contributed by atoms with Crippen LogP contribution in [0.2, 0.25) is 0 Å². The van der Waals surface area contributed by atoms with Gasteiger partial charge < -0.3 is 10.4 Å². The van der Waals surface area contributed by atoms with Gasteiger partial charge >= 0.3 is 5.69 Å². The van der Waals surface area contributed by atoms with Crippen molar-refractivity contribution in [2.75, 3.05) is 7.05 Å². The summed E-state index contributed by atoms with van der Waals surface area (Å²) in [5.74, 6) is 0. The molecule has 118 valence electrons. The first-order valence-corrected chi connectivity index (χ1v) is 7.82. The number of nitrogens with zero attached hydrogens (tertiary/aromatic N) is 2. The lowest BCUT2D eigenvalue weighted by Gasteiger charge is -2.28. The molecule has 0 aliphatic carbocycles. The van der Waals surface area contributed by atoms with E-state index in [1.165, 1.54) is 0 Å². The van der Waals surface area contributed by atoms with Gasteiger partial charge in [0.15, 0.2) is 0 Å². The maximum Gasteiger partial charge on any atom is 0.329 e. The van der Waals surface area contributed by atoms with Gasteiger partial charge in [0, 0.05) is 0 Å². The number of nitrogens with one attached hydrogen (secondary N) is 1. The minimum Gasteiger partial charge on any atom is -0.389 e. The normalized spacial score (nSPS) is 20.1. The zero-order valence-electron chi connectivity index (χ0n) is 12.9. The van der Waals surface area contributed by atoms with E-state index in [0.717, 1.165) is 22.2 Å². The number of aromatic nitrogens is 2. The van der Waals surface area contributed by atoms with Gasteiger partial charge in [-0.1, -0.05) is 42.5 Å². The van der Waals surface area contributed by atoms with Gasteiger partial charge in [0.05, 0.1) is 36.3 Å². The first kappa shape index (κ1) is 14.2. The number of hydrogen-bond acceptors (Lipinski definition) is 3. The van der Waals surface area contributed by atoms with E-state index in [-0.39, 0.29) is 11.7 Å². The van der Waals surface area contributed by atoms with Crippen molar-refractivity contribution < 1.29 is 5.11 Å². The predicted octanol–water partition coefficient (Wildman–Crippen LogP) is 1.49. The molecule has 0 radical (unpaired) electrons. The van der Waals surface area contributed by atoms with Crippen LogP contribution in [-0.4, -0.2) is 27.4 Å². The van der Waals surface area contributed by atoms with Crippen LogP contribution in [0.1, 0.15) is 17.2 Å². The second-order valence-corrected chi connectivity index (χ2v) is 6.01. The van der Waals surface area contributed by atoms with Gasteiger partial charge in [-0.15, -0.1) is 0 Å². The Morgan fingerprint density at radius 3 is 2.70 bits per heavy atom. The van der Waals surface area contributed by atoms with E-state index in [1.54, 1.807) is 9.13 Å². The molecule has 0 bridgehead atoms. The third-order valence-electron chi connectivity index (χ3n) is 4.65. The Balaban J connectivity index is 1.94. The van der Waals surface area contributed by atoms with Crippen molar-refractivity contribution >= 4 is 11.0 Å². The van der Waals surface area contributed by atoms with E-state index in [4.69, 9.17) is 0 Å². The molecule has 5 heteroatoms. The molecule has 0 saturated carbocycles. The first-order valence-electron chi connectivity index (χ1n) is 7.82. The molecule has 2 aromatic carbocycles. The maximum absolute atomic E-state index is 12.8. The van der Waals surface area contributed by atoms with Gasteiger partial charge in [0.1, 0.15) is 0 Å². The molecule has 0 unspecified atom stereocenters. The number of aliphatic hydroxyl groups is 1. The summed E-state index contributed by atoms with van der Waals surface area (Å²) >= 11 is 0. The molecule has 4 rings (SSSR count). The summed E-state index contributed by atoms with van der Waals surface area (Å²) in [4.78, 5) is 12.8. The molecular weight excluding hydrogens is 290 g/mol. The van der Waals surface area contributed by atoms with Gasteiger partial charge in [-0.25, -0.2) is 4.79 Å². The Kier molecular flexibility index (Phi) is 3.32. The highest BCUT2D eigenvalue weighted by molar-refractivity contribution is 5.81. The van der Waals surface area contributed by atoms with Crippen LogP contribution in [0, 0.1) is 0 Å². The average Bonchev–Trinajstić information content (AvgIpc) is 2.83. The van der Waals surface area contributed by atoms with Crippen LogP contribution in [0.4, 0.5) is 0 Å². The number of hydrogen-bond donors (Lipinski definition) is 2. The summed E-state index contributed by atoms with van der Waals surface area (Å²) in [6.07, 6.45) is -0.608. The fraction of sp³-hybridized carbons (Fsp3) is 0.278. The van der Waals surface area contributed by atoms with E-state index in [2.05, 4.69) is 5.32 Å². The summed E-state index contributed by atoms with van der Waals surface area (Å²) in [6.45, 7) is 0.854. The molecule has 1 aliphatic heterocycles. The largest absolute Gasteiger partial charge is 0.389 e. The predicted molar refractivity (Wildman–Crippen MR) is 89.5 cm³/mol. The van der Waals surface area contributed by atoms with Crippen molar-refractivity contribution in [1.29, 1.82) is 0 Å². The van der Waals surface area contributed by atoms with Gasteiger partial charge in [-0.05, 0) is 24.2 Å². The maximum atomic E-state index is 12.8. The van der Waals surface area contributed by atoms with Crippen molar-refractivity contribution in [3.05, 3.63) is 70.1 Å². The fourth-order valence-corrected chi connectivity index (χ4v) is 3.59. The van der Waals surface area contributed by atoms with Crippen LogP contribution in [0.5, 0.6) is 0 Å². The minimum absolute atomic E-state index is 0.0649. The quantitative estimate of drug-likeness (QED) is 0.770. The lowest BCUT2D eigenvalue weighted by Crippen LogP contribution is -2.39. The number of para-hydroxylation sites is 1. The Labute approximate surface area is 133 Å². The Hall–Kier alpha value is -2.37. The molecule has 0 saturated heterocycles. The smallest absolute Gasteiger partial charge is 0.329 e. The highest BCUT2D eigenvalue weighted by Gasteiger charge is 2.31. The van der Waals surface area contributed by atoms with Crippen molar-refractivity contribution in [2.45, 2.75) is 25.2 Å². The molecule has 0 amide bonds. The van der Waals surface area contributed by atoms with Crippen molar-refractivity contribution in [3.8, 4) is 0 Å². The SMILES string of the molecule is CN[C@H]1c2cccc3c2n(c(=O)n3Cc2ccccc2)C[C@H]1O. The molecule has 5 nitrogen and oxygen atoms in total. The molecule has 2 N–H and O–H groups in total. The van der Waals surface area contributed by atoms with Gasteiger partial charge in [-0.3, -0.25) is 9.13 Å². The van der Waals surface area contributed by atoms with E-state index in [9.17, 15) is 9.90 Å². The fourth-order valence-electron chi connectivity index (χ4n) is 3.59. The summed E-state index contributed by atoms with van der Waals surface area (Å²) in [5, 5.41) is 13.5. The standard InChI is InChI=1S/C18H19N3O2/c1-19-16-13-8-5-9-14-17(13)21(11-15(16)22)18(23)20(14)10-12-6-3-2-4-7-12/h2-9,15-16,19,22H,10-11H2,1H3/t15-,16+/m1/s1. The van der Waals surface area contributed by atoms with Crippen LogP contribution in [0.25, 0.3) is 11.0 Å². The molecule has 23 heavy (non-hydrogen) atoms. The Morgan fingerprint density at radius 2 is 1.96 bits per heavy atom. The zero-order valence-corrected chi connectivity index (χ0v) is 12.9. The van der Waals surface area contributed by atoms with E-state index in [0.29, 0.717) is 13.1 Å². The van der Waals surface area contributed by atoms with E-state index in [1.807, 2.05) is 55.6 Å². The van der Waals surface area contributed by atoms with Crippen LogP contribution in [-0.2, 0) is 13.1 Å². The minimum atomic E-state index is -0.608. The van der Waals surface area contributed by atoms with Crippen LogP contribution in [0.3, 0.4) is 0 Å². The molecule has 3 aromatic rings. The molecule has 2 atom stereocenters. The third-order valence-corrected chi connectivity index (χ3v) is 4.65. The average molecular weight is 309 g/mol. The second-order valence-electron chi connectivity index (χ2n) is 6.01. The lowest BCUT2D eigenvalue weighted by atomic mass is 9.96. The number of likely N-dealkylation sites (N-methyl/N-ethyl adjacent to an activating group) is 1. The molecule has 0 spiro atoms. The summed E-state index contributed by atoms with van der Waals surface area (Å²) in [5.41, 5.74) is 3.85. The molecule has 0 fully saturated rings. The number of benzene rings is 2. The van der Waals surface area contributed by atoms with Crippen LogP contribution in [0.15, 0.2) is 53.3 Å². The molecule has 1 aromatic heterocycles. The number of rotatable bonds is 3. The molecular formula is C18H19N3O2. The first-order chi connectivity index (χ1) is 11.2. The van der Waals surface area contributed by atoms with E-state index >= 15 is 0 Å². The molecule has 1 aliphatic rings. The Bertz CT molecular complexity index is 911. The van der Waals surface area contributed by atoms with Crippen LogP contribution >= 0.6 is 0 Å². The second kappa shape index (κ2) is 5.37. The lowest BCUT2D eigenvalue weighted by molar-refractivity contribution is 0.107. The van der Waals surface area contributed by atoms with Gasteiger partial charge in [-0.2, -0.15) is 0 Å². The number of imidazole rings is 1. The van der Waals surface area contributed by atoms with E-state index < -0.39 is 6.10 Å². The van der Waals surface area contributed by atoms with Crippen molar-refractivity contribution in [3.63, 3.8) is 0 Å². The van der Waals surface area contributed by atoms with Crippen molar-refractivity contribution in [1.82, 2.24) is 14.5 Å². The van der Waals surface area contributed by atoms with Crippen molar-refractivity contribution in [2.24, 2.45) is 0 Å². The highest BCUT2D eigenvalue weighted by atomic mass is 16.3. The third kappa shape index (κ3) is 2.12. The topological polar surface area (TPSA) is 59.2 Å². The van der Waals surface area contributed by atoms with Crippen LogP contribution < -0.4 is 11.0 Å². The monoisotopic (exact) mass is 309 g/mol. The summed E-state index contributed by atoms with van der Waals surface area (Å²) in [6, 6.07) is 15.7. The zero-order chi connectivity index (χ0) is 16.0. The number of aliphatic hydroxyl groups excluding tert-OH is 1. The highest BCUT2D eigenvalue weighted by Crippen LogP contribution is 2.31. The van der Waals surface area contributed by atoms with Gasteiger partial charge in [0.2, 0.25) is 0 Å². The van der Waals surface area contributed by atoms with Gasteiger partial charge in [0.25, 0.3) is 0 Å². The Morgan fingerprint density at radius 1 is 1.17 bits per heavy atom. The molecule has 2 heterocycles.